The summed E-state index contributed by atoms with van der Waals surface area (Å²) in [4.78, 5) is 37.4. The van der Waals surface area contributed by atoms with Crippen molar-refractivity contribution in [2.24, 2.45) is 14.1 Å². The van der Waals surface area contributed by atoms with Crippen LogP contribution in [0, 0.1) is 6.92 Å². The molecule has 3 aromatic rings. The highest BCUT2D eigenvalue weighted by Gasteiger charge is 2.19. The van der Waals surface area contributed by atoms with E-state index in [-0.39, 0.29) is 11.2 Å². The van der Waals surface area contributed by atoms with Gasteiger partial charge in [-0.25, -0.2) is 14.8 Å². The SMILES string of the molecule is Cc1ccccc1-c1nc(SCCN2CCCCC2)c2c(=O)n(C)c(=O)n(C)c2n1. The van der Waals surface area contributed by atoms with Gasteiger partial charge in [0.15, 0.2) is 11.5 Å². The van der Waals surface area contributed by atoms with Gasteiger partial charge in [-0.15, -0.1) is 11.8 Å². The summed E-state index contributed by atoms with van der Waals surface area (Å²) in [5.41, 5.74) is 1.62. The molecule has 1 aromatic carbocycles. The Morgan fingerprint density at radius 1 is 1.00 bits per heavy atom. The van der Waals surface area contributed by atoms with E-state index in [1.807, 2.05) is 31.2 Å². The van der Waals surface area contributed by atoms with Crippen molar-refractivity contribution in [2.75, 3.05) is 25.4 Å². The molecule has 0 bridgehead atoms. The van der Waals surface area contributed by atoms with Crippen molar-refractivity contribution in [3.8, 4) is 11.4 Å². The molecule has 8 heteroatoms. The first-order chi connectivity index (χ1) is 14.5. The lowest BCUT2D eigenvalue weighted by atomic mass is 10.1. The number of piperidine rings is 1. The Bertz CT molecular complexity index is 1190. The fourth-order valence-corrected chi connectivity index (χ4v) is 4.95. The van der Waals surface area contributed by atoms with Crippen molar-refractivity contribution in [1.82, 2.24) is 24.0 Å². The summed E-state index contributed by atoms with van der Waals surface area (Å²) >= 11 is 1.57. The number of thioether (sulfide) groups is 1. The normalized spacial score (nSPS) is 15.0. The van der Waals surface area contributed by atoms with E-state index < -0.39 is 0 Å². The molecule has 1 aliphatic rings. The summed E-state index contributed by atoms with van der Waals surface area (Å²) < 4.78 is 2.57. The molecule has 4 rings (SSSR count). The number of nitrogens with zero attached hydrogens (tertiary/aromatic N) is 5. The molecule has 0 amide bonds. The lowest BCUT2D eigenvalue weighted by Gasteiger charge is -2.26. The standard InChI is InChI=1S/C22H27N5O2S/c1-15-9-5-6-10-16(15)18-23-19-17(21(28)26(3)22(29)25(19)2)20(24-18)30-14-13-27-11-7-4-8-12-27/h5-6,9-10H,4,7-8,11-14H2,1-3H3. The zero-order chi connectivity index (χ0) is 21.3. The van der Waals surface area contributed by atoms with E-state index in [1.165, 1.54) is 30.9 Å². The van der Waals surface area contributed by atoms with Gasteiger partial charge in [0.1, 0.15) is 10.4 Å². The predicted molar refractivity (Wildman–Crippen MR) is 121 cm³/mol. The second-order valence-corrected chi connectivity index (χ2v) is 8.91. The molecule has 7 nitrogen and oxygen atoms in total. The molecule has 3 heterocycles. The van der Waals surface area contributed by atoms with E-state index in [2.05, 4.69) is 9.88 Å². The average Bonchev–Trinajstić information content (AvgIpc) is 2.77. The zero-order valence-corrected chi connectivity index (χ0v) is 18.5. The Labute approximate surface area is 179 Å². The van der Waals surface area contributed by atoms with Crippen LogP contribution in [-0.2, 0) is 14.1 Å². The minimum atomic E-state index is -0.383. The Hall–Kier alpha value is -2.45. The largest absolute Gasteiger partial charge is 0.332 e. The van der Waals surface area contributed by atoms with Gasteiger partial charge >= 0.3 is 5.69 Å². The first kappa shape index (κ1) is 20.8. The molecule has 0 saturated carbocycles. The third-order valence-corrected chi connectivity index (χ3v) is 6.70. The minimum absolute atomic E-state index is 0.343. The van der Waals surface area contributed by atoms with E-state index in [1.54, 1.807) is 18.8 Å². The molecule has 1 saturated heterocycles. The number of aromatic nitrogens is 4. The van der Waals surface area contributed by atoms with Gasteiger partial charge in [-0.2, -0.15) is 0 Å². The van der Waals surface area contributed by atoms with Crippen LogP contribution in [0.2, 0.25) is 0 Å². The Morgan fingerprint density at radius 2 is 1.73 bits per heavy atom. The number of fused-ring (bicyclic) bond motifs is 1. The summed E-state index contributed by atoms with van der Waals surface area (Å²) in [7, 11) is 3.16. The third kappa shape index (κ3) is 3.94. The lowest BCUT2D eigenvalue weighted by molar-refractivity contribution is 0.242. The van der Waals surface area contributed by atoms with E-state index in [0.717, 1.165) is 41.1 Å². The van der Waals surface area contributed by atoms with Gasteiger partial charge in [-0.3, -0.25) is 13.9 Å². The van der Waals surface area contributed by atoms with E-state index in [9.17, 15) is 9.59 Å². The smallest absolute Gasteiger partial charge is 0.303 e. The Balaban J connectivity index is 1.80. The van der Waals surface area contributed by atoms with Crippen LogP contribution in [-0.4, -0.2) is 49.4 Å². The van der Waals surface area contributed by atoms with Gasteiger partial charge < -0.3 is 4.90 Å². The second kappa shape index (κ2) is 8.73. The number of hydrogen-bond donors (Lipinski definition) is 0. The average molecular weight is 426 g/mol. The topological polar surface area (TPSA) is 73.0 Å². The van der Waals surface area contributed by atoms with Gasteiger partial charge in [0.2, 0.25) is 0 Å². The molecule has 0 spiro atoms. The molecule has 0 unspecified atom stereocenters. The molecular formula is C22H27N5O2S. The predicted octanol–water partition coefficient (Wildman–Crippen LogP) is 2.58. The number of hydrogen-bond acceptors (Lipinski definition) is 6. The highest BCUT2D eigenvalue weighted by Crippen LogP contribution is 2.27. The van der Waals surface area contributed by atoms with Crippen molar-refractivity contribution in [2.45, 2.75) is 31.2 Å². The zero-order valence-electron chi connectivity index (χ0n) is 17.7. The van der Waals surface area contributed by atoms with Crippen LogP contribution in [0.25, 0.3) is 22.4 Å². The van der Waals surface area contributed by atoms with E-state index in [0.29, 0.717) is 21.9 Å². The van der Waals surface area contributed by atoms with Crippen LogP contribution >= 0.6 is 11.8 Å². The van der Waals surface area contributed by atoms with Gasteiger partial charge in [-0.05, 0) is 38.4 Å². The van der Waals surface area contributed by atoms with Crippen molar-refractivity contribution >= 4 is 22.8 Å². The summed E-state index contributed by atoms with van der Waals surface area (Å²) in [6, 6.07) is 7.90. The molecule has 158 valence electrons. The van der Waals surface area contributed by atoms with Crippen molar-refractivity contribution in [3.63, 3.8) is 0 Å². The molecule has 0 radical (unpaired) electrons. The van der Waals surface area contributed by atoms with Crippen LogP contribution in [0.3, 0.4) is 0 Å². The van der Waals surface area contributed by atoms with Crippen molar-refractivity contribution in [3.05, 3.63) is 50.7 Å². The maximum absolute atomic E-state index is 12.9. The fraction of sp³-hybridized carbons (Fsp3) is 0.455. The molecule has 2 aromatic heterocycles. The molecule has 0 aliphatic carbocycles. The summed E-state index contributed by atoms with van der Waals surface area (Å²) in [5, 5.41) is 1.06. The quantitative estimate of drug-likeness (QED) is 0.462. The number of benzene rings is 1. The number of aryl methyl sites for hydroxylation is 2. The van der Waals surface area contributed by atoms with E-state index >= 15 is 0 Å². The monoisotopic (exact) mass is 425 g/mol. The van der Waals surface area contributed by atoms with Crippen LogP contribution < -0.4 is 11.2 Å². The van der Waals surface area contributed by atoms with Gasteiger partial charge in [0.25, 0.3) is 5.56 Å². The number of likely N-dealkylation sites (tertiary alicyclic amines) is 1. The molecule has 30 heavy (non-hydrogen) atoms. The maximum atomic E-state index is 12.9. The summed E-state index contributed by atoms with van der Waals surface area (Å²) in [5.74, 6) is 1.38. The molecule has 1 fully saturated rings. The summed E-state index contributed by atoms with van der Waals surface area (Å²) in [6.45, 7) is 5.24. The molecule has 0 atom stereocenters. The van der Waals surface area contributed by atoms with Gasteiger partial charge in [0.05, 0.1) is 0 Å². The Morgan fingerprint density at radius 3 is 2.47 bits per heavy atom. The van der Waals surface area contributed by atoms with Gasteiger partial charge in [0, 0.05) is 32.0 Å². The Kier molecular flexibility index (Phi) is 6.06. The fourth-order valence-electron chi connectivity index (χ4n) is 3.93. The first-order valence-electron chi connectivity index (χ1n) is 10.4. The van der Waals surface area contributed by atoms with Crippen LogP contribution in [0.15, 0.2) is 38.9 Å². The molecular weight excluding hydrogens is 398 g/mol. The van der Waals surface area contributed by atoms with Crippen LogP contribution in [0.4, 0.5) is 0 Å². The number of rotatable bonds is 5. The first-order valence-corrected chi connectivity index (χ1v) is 11.3. The molecule has 0 N–H and O–H groups in total. The van der Waals surface area contributed by atoms with Crippen molar-refractivity contribution in [1.29, 1.82) is 0 Å². The minimum Gasteiger partial charge on any atom is -0.303 e. The highest BCUT2D eigenvalue weighted by atomic mass is 32.2. The van der Waals surface area contributed by atoms with Crippen LogP contribution in [0.5, 0.6) is 0 Å². The van der Waals surface area contributed by atoms with Gasteiger partial charge in [-0.1, -0.05) is 30.7 Å². The maximum Gasteiger partial charge on any atom is 0.332 e. The third-order valence-electron chi connectivity index (χ3n) is 5.75. The van der Waals surface area contributed by atoms with Crippen LogP contribution in [0.1, 0.15) is 24.8 Å². The van der Waals surface area contributed by atoms with Crippen molar-refractivity contribution < 1.29 is 0 Å². The highest BCUT2D eigenvalue weighted by molar-refractivity contribution is 7.99. The summed E-state index contributed by atoms with van der Waals surface area (Å²) in [6.07, 6.45) is 3.81. The van der Waals surface area contributed by atoms with E-state index in [4.69, 9.17) is 4.98 Å². The lowest BCUT2D eigenvalue weighted by Crippen LogP contribution is -2.37. The second-order valence-electron chi connectivity index (χ2n) is 7.82. The molecule has 1 aliphatic heterocycles.